The summed E-state index contributed by atoms with van der Waals surface area (Å²) < 4.78 is 6.01. The van der Waals surface area contributed by atoms with Gasteiger partial charge in [0.25, 0.3) is 0 Å². The van der Waals surface area contributed by atoms with Crippen LogP contribution in [-0.2, 0) is 9.53 Å². The Morgan fingerprint density at radius 3 is 2.88 bits per heavy atom. The van der Waals surface area contributed by atoms with Gasteiger partial charge in [-0.25, -0.2) is 0 Å². The smallest absolute Gasteiger partial charge is 0.310 e. The van der Waals surface area contributed by atoms with Crippen molar-refractivity contribution in [1.29, 1.82) is 0 Å². The zero-order valence-electron chi connectivity index (χ0n) is 9.80. The van der Waals surface area contributed by atoms with Crippen molar-refractivity contribution in [3.05, 3.63) is 26.8 Å². The second kappa shape index (κ2) is 7.06. The lowest BCUT2D eigenvalue weighted by Gasteiger charge is -2.13. The third-order valence-electron chi connectivity index (χ3n) is 2.22. The number of ether oxygens (including phenoxy) is 1. The molecule has 0 aliphatic carbocycles. The molecule has 1 unspecified atom stereocenters. The molecular formula is C12H15ClINO2. The van der Waals surface area contributed by atoms with Crippen molar-refractivity contribution in [2.45, 2.75) is 13.8 Å². The van der Waals surface area contributed by atoms with Crippen LogP contribution < -0.4 is 5.32 Å². The molecule has 0 aliphatic heterocycles. The van der Waals surface area contributed by atoms with Gasteiger partial charge in [0, 0.05) is 10.1 Å². The summed E-state index contributed by atoms with van der Waals surface area (Å²) in [5, 5.41) is 3.80. The minimum atomic E-state index is -0.193. The van der Waals surface area contributed by atoms with E-state index in [0.717, 1.165) is 9.26 Å². The molecule has 1 aromatic rings. The summed E-state index contributed by atoms with van der Waals surface area (Å²) in [6.45, 7) is 4.55. The molecule has 0 bridgehead atoms. The van der Waals surface area contributed by atoms with Crippen molar-refractivity contribution in [1.82, 2.24) is 0 Å². The number of nitrogens with one attached hydrogen (secondary N) is 1. The molecule has 1 aromatic carbocycles. The van der Waals surface area contributed by atoms with Gasteiger partial charge in [0.15, 0.2) is 0 Å². The van der Waals surface area contributed by atoms with Crippen molar-refractivity contribution >= 4 is 45.8 Å². The lowest BCUT2D eigenvalue weighted by molar-refractivity contribution is -0.146. The Morgan fingerprint density at radius 1 is 1.59 bits per heavy atom. The van der Waals surface area contributed by atoms with Crippen LogP contribution in [0, 0.1) is 9.49 Å². The molecule has 0 saturated carbocycles. The normalized spacial score (nSPS) is 12.0. The molecule has 1 rings (SSSR count). The standard InChI is InChI=1S/C12H15ClINO2/c1-3-17-12(16)8(2)7-15-11-5-4-9(14)6-10(11)13/h4-6,8,15H,3,7H2,1-2H3. The fourth-order valence-electron chi connectivity index (χ4n) is 1.26. The quantitative estimate of drug-likeness (QED) is 0.639. The van der Waals surface area contributed by atoms with Gasteiger partial charge in [-0.15, -0.1) is 0 Å². The Morgan fingerprint density at radius 2 is 2.29 bits per heavy atom. The van der Waals surface area contributed by atoms with Gasteiger partial charge in [-0.1, -0.05) is 18.5 Å². The molecule has 0 aromatic heterocycles. The van der Waals surface area contributed by atoms with Crippen molar-refractivity contribution in [3.63, 3.8) is 0 Å². The summed E-state index contributed by atoms with van der Waals surface area (Å²) in [7, 11) is 0. The van der Waals surface area contributed by atoms with Gasteiger partial charge in [-0.05, 0) is 47.7 Å². The van der Waals surface area contributed by atoms with Crippen LogP contribution in [0.4, 0.5) is 5.69 Å². The number of rotatable bonds is 5. The van der Waals surface area contributed by atoms with Crippen molar-refractivity contribution in [2.24, 2.45) is 5.92 Å². The minimum absolute atomic E-state index is 0.190. The van der Waals surface area contributed by atoms with Gasteiger partial charge in [0.05, 0.1) is 23.2 Å². The number of carbonyl (C=O) groups is 1. The van der Waals surface area contributed by atoms with Gasteiger partial charge in [0.1, 0.15) is 0 Å². The van der Waals surface area contributed by atoms with E-state index in [4.69, 9.17) is 16.3 Å². The third-order valence-corrected chi connectivity index (χ3v) is 3.20. The van der Waals surface area contributed by atoms with E-state index in [1.165, 1.54) is 0 Å². The largest absolute Gasteiger partial charge is 0.466 e. The molecule has 1 N–H and O–H groups in total. The highest BCUT2D eigenvalue weighted by atomic mass is 127. The van der Waals surface area contributed by atoms with Gasteiger partial charge >= 0.3 is 5.97 Å². The topological polar surface area (TPSA) is 38.3 Å². The molecule has 1 atom stereocenters. The summed E-state index contributed by atoms with van der Waals surface area (Å²) in [5.41, 5.74) is 0.836. The van der Waals surface area contributed by atoms with E-state index >= 15 is 0 Å². The second-order valence-corrected chi connectivity index (χ2v) is 5.31. The average molecular weight is 368 g/mol. The Hall–Kier alpha value is -0.490. The summed E-state index contributed by atoms with van der Waals surface area (Å²) in [5.74, 6) is -0.382. The molecule has 3 nitrogen and oxygen atoms in total. The van der Waals surface area contributed by atoms with E-state index in [1.807, 2.05) is 25.1 Å². The highest BCUT2D eigenvalue weighted by molar-refractivity contribution is 14.1. The monoisotopic (exact) mass is 367 g/mol. The van der Waals surface area contributed by atoms with Crippen molar-refractivity contribution in [3.8, 4) is 0 Å². The molecule has 0 saturated heterocycles. The van der Waals surface area contributed by atoms with Crippen LogP contribution in [0.2, 0.25) is 5.02 Å². The number of carbonyl (C=O) groups excluding carboxylic acids is 1. The van der Waals surface area contributed by atoms with Crippen LogP contribution in [-0.4, -0.2) is 19.1 Å². The molecular weight excluding hydrogens is 352 g/mol. The second-order valence-electron chi connectivity index (χ2n) is 3.66. The van der Waals surface area contributed by atoms with Crippen LogP contribution in [0.1, 0.15) is 13.8 Å². The number of anilines is 1. The van der Waals surface area contributed by atoms with Crippen LogP contribution >= 0.6 is 34.2 Å². The SMILES string of the molecule is CCOC(=O)C(C)CNc1ccc(I)cc1Cl. The van der Waals surface area contributed by atoms with E-state index in [0.29, 0.717) is 18.2 Å². The summed E-state index contributed by atoms with van der Waals surface area (Å²) in [6, 6.07) is 5.74. The maximum Gasteiger partial charge on any atom is 0.310 e. The maximum atomic E-state index is 11.4. The first-order chi connectivity index (χ1) is 8.04. The van der Waals surface area contributed by atoms with E-state index in [9.17, 15) is 4.79 Å². The fourth-order valence-corrected chi connectivity index (χ4v) is 2.19. The van der Waals surface area contributed by atoms with Crippen LogP contribution in [0.3, 0.4) is 0 Å². The molecule has 0 fully saturated rings. The zero-order valence-corrected chi connectivity index (χ0v) is 12.7. The van der Waals surface area contributed by atoms with Gasteiger partial charge in [-0.2, -0.15) is 0 Å². The Kier molecular flexibility index (Phi) is 6.05. The van der Waals surface area contributed by atoms with Crippen LogP contribution in [0.15, 0.2) is 18.2 Å². The lowest BCUT2D eigenvalue weighted by Crippen LogP contribution is -2.22. The predicted molar refractivity (Wildman–Crippen MR) is 78.5 cm³/mol. The molecule has 17 heavy (non-hydrogen) atoms. The van der Waals surface area contributed by atoms with E-state index < -0.39 is 0 Å². The summed E-state index contributed by atoms with van der Waals surface area (Å²) >= 11 is 8.27. The first-order valence-electron chi connectivity index (χ1n) is 5.40. The van der Waals surface area contributed by atoms with E-state index in [-0.39, 0.29) is 11.9 Å². The minimum Gasteiger partial charge on any atom is -0.466 e. The van der Waals surface area contributed by atoms with Crippen molar-refractivity contribution < 1.29 is 9.53 Å². The fraction of sp³-hybridized carbons (Fsp3) is 0.417. The first kappa shape index (κ1) is 14.6. The molecule has 94 valence electrons. The number of esters is 1. The Balaban J connectivity index is 2.52. The Bertz CT molecular complexity index is 398. The predicted octanol–water partition coefficient (Wildman–Crippen LogP) is 3.56. The van der Waals surface area contributed by atoms with Gasteiger partial charge < -0.3 is 10.1 Å². The van der Waals surface area contributed by atoms with Crippen LogP contribution in [0.5, 0.6) is 0 Å². The molecule has 0 aliphatic rings. The van der Waals surface area contributed by atoms with Crippen molar-refractivity contribution in [2.75, 3.05) is 18.5 Å². The average Bonchev–Trinajstić information content (AvgIpc) is 2.27. The van der Waals surface area contributed by atoms with Gasteiger partial charge in [-0.3, -0.25) is 4.79 Å². The van der Waals surface area contributed by atoms with Crippen LogP contribution in [0.25, 0.3) is 0 Å². The first-order valence-corrected chi connectivity index (χ1v) is 6.85. The molecule has 0 spiro atoms. The number of benzene rings is 1. The highest BCUT2D eigenvalue weighted by Crippen LogP contribution is 2.24. The lowest BCUT2D eigenvalue weighted by atomic mass is 10.2. The van der Waals surface area contributed by atoms with E-state index in [1.54, 1.807) is 6.92 Å². The number of halogens is 2. The summed E-state index contributed by atoms with van der Waals surface area (Å²) in [4.78, 5) is 11.4. The number of hydrogen-bond donors (Lipinski definition) is 1. The van der Waals surface area contributed by atoms with Gasteiger partial charge in [0.2, 0.25) is 0 Å². The molecule has 0 heterocycles. The molecule has 5 heteroatoms. The summed E-state index contributed by atoms with van der Waals surface area (Å²) in [6.07, 6.45) is 0. The molecule has 0 radical (unpaired) electrons. The van der Waals surface area contributed by atoms with E-state index in [2.05, 4.69) is 27.9 Å². The maximum absolute atomic E-state index is 11.4. The third kappa shape index (κ3) is 4.71. The number of hydrogen-bond acceptors (Lipinski definition) is 3. The zero-order chi connectivity index (χ0) is 12.8. The highest BCUT2D eigenvalue weighted by Gasteiger charge is 2.13. The molecule has 0 amide bonds. The Labute approximate surface area is 120 Å².